The van der Waals surface area contributed by atoms with Crippen LogP contribution in [0.25, 0.3) is 11.0 Å². The quantitative estimate of drug-likeness (QED) is 0.671. The molecule has 1 saturated heterocycles. The standard InChI is InChI=1S/C22H24ClN3O4/c1-14-3-5-20(29-14)17(26-9-7-25(2)8-10-26)13-24-22(28)21-12-18(27)16-11-15(23)4-6-19(16)30-21/h3-6,11-12,17H,7-10,13H2,1-2H3,(H,24,28)/t17-/m0/s1. The van der Waals surface area contributed by atoms with Crippen molar-refractivity contribution in [3.63, 3.8) is 0 Å². The van der Waals surface area contributed by atoms with Crippen molar-refractivity contribution >= 4 is 28.5 Å². The van der Waals surface area contributed by atoms with E-state index in [2.05, 4.69) is 22.2 Å². The van der Waals surface area contributed by atoms with E-state index in [4.69, 9.17) is 20.4 Å². The van der Waals surface area contributed by atoms with Gasteiger partial charge in [0.1, 0.15) is 17.1 Å². The lowest BCUT2D eigenvalue weighted by Crippen LogP contribution is -2.48. The van der Waals surface area contributed by atoms with Crippen LogP contribution in [0.5, 0.6) is 0 Å². The first kappa shape index (κ1) is 20.7. The van der Waals surface area contributed by atoms with Crippen LogP contribution >= 0.6 is 11.6 Å². The number of halogens is 1. The maximum Gasteiger partial charge on any atom is 0.287 e. The predicted octanol–water partition coefficient (Wildman–Crippen LogP) is 3.07. The molecule has 7 nitrogen and oxygen atoms in total. The van der Waals surface area contributed by atoms with Gasteiger partial charge in [0.05, 0.1) is 11.4 Å². The molecule has 1 atom stereocenters. The van der Waals surface area contributed by atoms with Crippen LogP contribution in [-0.2, 0) is 0 Å². The number of rotatable bonds is 5. The number of carbonyl (C=O) groups is 1. The van der Waals surface area contributed by atoms with Crippen molar-refractivity contribution < 1.29 is 13.6 Å². The van der Waals surface area contributed by atoms with Crippen molar-refractivity contribution in [1.82, 2.24) is 15.1 Å². The molecule has 158 valence electrons. The van der Waals surface area contributed by atoms with Gasteiger partial charge in [-0.05, 0) is 44.3 Å². The van der Waals surface area contributed by atoms with Crippen molar-refractivity contribution in [1.29, 1.82) is 0 Å². The van der Waals surface area contributed by atoms with E-state index in [0.717, 1.165) is 37.7 Å². The lowest BCUT2D eigenvalue weighted by molar-refractivity contribution is 0.0830. The first-order chi connectivity index (χ1) is 14.4. The minimum atomic E-state index is -0.439. The summed E-state index contributed by atoms with van der Waals surface area (Å²) in [7, 11) is 2.10. The second-order valence-corrected chi connectivity index (χ2v) is 8.07. The number of fused-ring (bicyclic) bond motifs is 1. The number of amides is 1. The van der Waals surface area contributed by atoms with Gasteiger partial charge >= 0.3 is 0 Å². The molecule has 0 saturated carbocycles. The van der Waals surface area contributed by atoms with Gasteiger partial charge in [0, 0.05) is 43.8 Å². The monoisotopic (exact) mass is 429 g/mol. The first-order valence-electron chi connectivity index (χ1n) is 9.91. The molecule has 1 amide bonds. The molecule has 4 rings (SSSR count). The van der Waals surface area contributed by atoms with E-state index in [-0.39, 0.29) is 17.2 Å². The van der Waals surface area contributed by atoms with Crippen molar-refractivity contribution in [2.45, 2.75) is 13.0 Å². The summed E-state index contributed by atoms with van der Waals surface area (Å²) < 4.78 is 11.5. The number of piperazine rings is 1. The Kier molecular flexibility index (Phi) is 5.94. The van der Waals surface area contributed by atoms with E-state index in [1.807, 2.05) is 19.1 Å². The average molecular weight is 430 g/mol. The Morgan fingerprint density at radius 2 is 1.90 bits per heavy atom. The zero-order valence-electron chi connectivity index (χ0n) is 17.0. The van der Waals surface area contributed by atoms with E-state index >= 15 is 0 Å². The minimum Gasteiger partial charge on any atom is -0.465 e. The average Bonchev–Trinajstić information content (AvgIpc) is 3.15. The second-order valence-electron chi connectivity index (χ2n) is 7.63. The molecule has 0 radical (unpaired) electrons. The van der Waals surface area contributed by atoms with Gasteiger partial charge in [-0.15, -0.1) is 0 Å². The fourth-order valence-corrected chi connectivity index (χ4v) is 3.86. The highest BCUT2D eigenvalue weighted by Crippen LogP contribution is 2.24. The number of nitrogens with one attached hydrogen (secondary N) is 1. The van der Waals surface area contributed by atoms with Gasteiger partial charge in [0.15, 0.2) is 11.2 Å². The van der Waals surface area contributed by atoms with E-state index in [0.29, 0.717) is 22.5 Å². The predicted molar refractivity (Wildman–Crippen MR) is 115 cm³/mol. The summed E-state index contributed by atoms with van der Waals surface area (Å²) in [6.07, 6.45) is 0. The summed E-state index contributed by atoms with van der Waals surface area (Å²) >= 11 is 5.94. The maximum atomic E-state index is 12.8. The van der Waals surface area contributed by atoms with Gasteiger partial charge in [-0.3, -0.25) is 14.5 Å². The smallest absolute Gasteiger partial charge is 0.287 e. The molecule has 3 aromatic rings. The Bertz CT molecular complexity index is 1120. The van der Waals surface area contributed by atoms with E-state index in [1.165, 1.54) is 12.1 Å². The molecule has 1 aromatic carbocycles. The van der Waals surface area contributed by atoms with Crippen LogP contribution in [0.4, 0.5) is 0 Å². The molecule has 1 aliphatic rings. The number of nitrogens with zero attached hydrogens (tertiary/aromatic N) is 2. The summed E-state index contributed by atoms with van der Waals surface area (Å²) in [6.45, 7) is 5.90. The van der Waals surface area contributed by atoms with E-state index in [1.54, 1.807) is 12.1 Å². The number of aryl methyl sites for hydroxylation is 1. The van der Waals surface area contributed by atoms with Crippen molar-refractivity contribution in [2.24, 2.45) is 0 Å². The summed E-state index contributed by atoms with van der Waals surface area (Å²) in [5.41, 5.74) is 0.0236. The Morgan fingerprint density at radius 1 is 1.13 bits per heavy atom. The van der Waals surface area contributed by atoms with Crippen molar-refractivity contribution in [2.75, 3.05) is 39.8 Å². The fraction of sp³-hybridized carbons (Fsp3) is 0.364. The molecule has 1 fully saturated rings. The number of furan rings is 1. The van der Waals surface area contributed by atoms with Crippen molar-refractivity contribution in [3.8, 4) is 0 Å². The van der Waals surface area contributed by atoms with Crippen LogP contribution in [0, 0.1) is 6.92 Å². The molecule has 8 heteroatoms. The van der Waals surface area contributed by atoms with Crippen LogP contribution in [0.3, 0.4) is 0 Å². The van der Waals surface area contributed by atoms with Gasteiger partial charge in [0.2, 0.25) is 0 Å². The maximum absolute atomic E-state index is 12.8. The van der Waals surface area contributed by atoms with Crippen LogP contribution in [0.1, 0.15) is 28.1 Å². The zero-order valence-corrected chi connectivity index (χ0v) is 17.7. The third-order valence-electron chi connectivity index (χ3n) is 5.44. The summed E-state index contributed by atoms with van der Waals surface area (Å²) in [6, 6.07) is 9.73. The van der Waals surface area contributed by atoms with E-state index in [9.17, 15) is 9.59 Å². The van der Waals surface area contributed by atoms with Crippen LogP contribution in [0.2, 0.25) is 5.02 Å². The first-order valence-corrected chi connectivity index (χ1v) is 10.3. The normalized spacial score (nSPS) is 16.6. The minimum absolute atomic E-state index is 0.0254. The van der Waals surface area contributed by atoms with Crippen LogP contribution < -0.4 is 10.7 Å². The van der Waals surface area contributed by atoms with Crippen LogP contribution in [-0.4, -0.2) is 55.5 Å². The highest BCUT2D eigenvalue weighted by Gasteiger charge is 2.27. The molecule has 0 aliphatic carbocycles. The van der Waals surface area contributed by atoms with Crippen molar-refractivity contribution in [3.05, 3.63) is 68.9 Å². The zero-order chi connectivity index (χ0) is 21.3. The number of hydrogen-bond acceptors (Lipinski definition) is 6. The van der Waals surface area contributed by atoms with Gasteiger partial charge in [-0.2, -0.15) is 0 Å². The SMILES string of the molecule is Cc1ccc([C@H](CNC(=O)c2cc(=O)c3cc(Cl)ccc3o2)N2CCN(C)CC2)o1. The molecule has 1 N–H and O–H groups in total. The van der Waals surface area contributed by atoms with Gasteiger partial charge in [0.25, 0.3) is 5.91 Å². The highest BCUT2D eigenvalue weighted by molar-refractivity contribution is 6.31. The van der Waals surface area contributed by atoms with E-state index < -0.39 is 5.91 Å². The molecule has 2 aromatic heterocycles. The van der Waals surface area contributed by atoms with Gasteiger partial charge < -0.3 is 19.1 Å². The number of likely N-dealkylation sites (N-methyl/N-ethyl adjacent to an activating group) is 1. The lowest BCUT2D eigenvalue weighted by Gasteiger charge is -2.37. The molecule has 1 aliphatic heterocycles. The summed E-state index contributed by atoms with van der Waals surface area (Å²) in [4.78, 5) is 29.7. The lowest BCUT2D eigenvalue weighted by atomic mass is 10.1. The fourth-order valence-electron chi connectivity index (χ4n) is 3.69. The second kappa shape index (κ2) is 8.63. The number of carbonyl (C=O) groups excluding carboxylic acids is 1. The molecule has 0 spiro atoms. The topological polar surface area (TPSA) is 78.9 Å². The molecule has 3 heterocycles. The molecular weight excluding hydrogens is 406 g/mol. The summed E-state index contributed by atoms with van der Waals surface area (Å²) in [5.74, 6) is 1.18. The molecule has 0 unspecified atom stereocenters. The molecular formula is C22H24ClN3O4. The van der Waals surface area contributed by atoms with Gasteiger partial charge in [-0.1, -0.05) is 11.6 Å². The summed E-state index contributed by atoms with van der Waals surface area (Å²) in [5, 5.41) is 3.69. The highest BCUT2D eigenvalue weighted by atomic mass is 35.5. The number of benzene rings is 1. The Hall–Kier alpha value is -2.61. The van der Waals surface area contributed by atoms with Crippen LogP contribution in [0.15, 0.2) is 50.0 Å². The Labute approximate surface area is 179 Å². The largest absolute Gasteiger partial charge is 0.465 e. The third kappa shape index (κ3) is 4.43. The molecule has 30 heavy (non-hydrogen) atoms. The third-order valence-corrected chi connectivity index (χ3v) is 5.67. The molecule has 0 bridgehead atoms. The Balaban J connectivity index is 1.53. The van der Waals surface area contributed by atoms with Gasteiger partial charge in [-0.25, -0.2) is 0 Å². The number of hydrogen-bond donors (Lipinski definition) is 1. The Morgan fingerprint density at radius 3 is 2.60 bits per heavy atom.